The monoisotopic (exact) mass is 263 g/mol. The van der Waals surface area contributed by atoms with Crippen molar-refractivity contribution in [3.8, 4) is 0 Å². The summed E-state index contributed by atoms with van der Waals surface area (Å²) < 4.78 is 5.55. The summed E-state index contributed by atoms with van der Waals surface area (Å²) in [5, 5.41) is 3.46. The molecule has 0 amide bonds. The van der Waals surface area contributed by atoms with Crippen LogP contribution in [-0.2, 0) is 11.3 Å². The first-order chi connectivity index (χ1) is 9.09. The second-order valence-corrected chi connectivity index (χ2v) is 5.90. The van der Waals surface area contributed by atoms with E-state index in [0.29, 0.717) is 11.8 Å². The summed E-state index contributed by atoms with van der Waals surface area (Å²) in [6.45, 7) is 12.5. The molecule has 1 aromatic rings. The molecule has 19 heavy (non-hydrogen) atoms. The van der Waals surface area contributed by atoms with Gasteiger partial charge in [0.15, 0.2) is 0 Å². The van der Waals surface area contributed by atoms with Gasteiger partial charge in [-0.1, -0.05) is 52.0 Å². The van der Waals surface area contributed by atoms with Crippen LogP contribution in [0.1, 0.15) is 51.2 Å². The lowest BCUT2D eigenvalue weighted by Crippen LogP contribution is -2.17. The van der Waals surface area contributed by atoms with Crippen molar-refractivity contribution >= 4 is 0 Å². The predicted molar refractivity (Wildman–Crippen MR) is 82.5 cm³/mol. The Kier molecular flexibility index (Phi) is 7.76. The summed E-state index contributed by atoms with van der Waals surface area (Å²) in [5.74, 6) is 1.24. The summed E-state index contributed by atoms with van der Waals surface area (Å²) in [7, 11) is 0. The fraction of sp³-hybridized carbons (Fsp3) is 0.647. The van der Waals surface area contributed by atoms with Crippen LogP contribution in [0.4, 0.5) is 0 Å². The largest absolute Gasteiger partial charge is 0.381 e. The molecule has 1 N–H and O–H groups in total. The average Bonchev–Trinajstić information content (AvgIpc) is 2.38. The highest BCUT2D eigenvalue weighted by Gasteiger charge is 1.99. The van der Waals surface area contributed by atoms with Crippen molar-refractivity contribution in [3.63, 3.8) is 0 Å². The Morgan fingerprint density at radius 3 is 2.32 bits per heavy atom. The second kappa shape index (κ2) is 9.11. The van der Waals surface area contributed by atoms with Crippen LogP contribution >= 0.6 is 0 Å². The zero-order valence-corrected chi connectivity index (χ0v) is 12.9. The third-order valence-corrected chi connectivity index (χ3v) is 3.07. The van der Waals surface area contributed by atoms with Crippen LogP contribution in [0.3, 0.4) is 0 Å². The molecule has 0 unspecified atom stereocenters. The standard InChI is InChI=1S/C17H29NO/c1-14(2)13-19-11-5-10-18-12-16-6-8-17(9-7-16)15(3)4/h6-9,14-15,18H,5,10-13H2,1-4H3. The molecule has 2 heteroatoms. The molecule has 0 bridgehead atoms. The van der Waals surface area contributed by atoms with Gasteiger partial charge in [0.1, 0.15) is 0 Å². The first kappa shape index (κ1) is 16.2. The van der Waals surface area contributed by atoms with Crippen molar-refractivity contribution in [2.24, 2.45) is 5.92 Å². The van der Waals surface area contributed by atoms with Crippen LogP contribution < -0.4 is 5.32 Å². The lowest BCUT2D eigenvalue weighted by molar-refractivity contribution is 0.108. The smallest absolute Gasteiger partial charge is 0.0489 e. The van der Waals surface area contributed by atoms with Gasteiger partial charge in [-0.3, -0.25) is 0 Å². The highest BCUT2D eigenvalue weighted by molar-refractivity contribution is 5.24. The topological polar surface area (TPSA) is 21.3 Å². The van der Waals surface area contributed by atoms with E-state index in [1.54, 1.807) is 0 Å². The highest BCUT2D eigenvalue weighted by Crippen LogP contribution is 2.14. The number of ether oxygens (including phenoxy) is 1. The maximum absolute atomic E-state index is 5.55. The molecule has 1 rings (SSSR count). The molecule has 0 saturated carbocycles. The highest BCUT2D eigenvalue weighted by atomic mass is 16.5. The van der Waals surface area contributed by atoms with Gasteiger partial charge in [-0.05, 0) is 35.9 Å². The molecule has 0 saturated heterocycles. The molecule has 108 valence electrons. The van der Waals surface area contributed by atoms with Crippen LogP contribution in [0.25, 0.3) is 0 Å². The molecular formula is C17H29NO. The lowest BCUT2D eigenvalue weighted by Gasteiger charge is -2.09. The molecule has 0 atom stereocenters. The van der Waals surface area contributed by atoms with Crippen molar-refractivity contribution in [1.29, 1.82) is 0 Å². The van der Waals surface area contributed by atoms with Crippen LogP contribution in [0, 0.1) is 5.92 Å². The van der Waals surface area contributed by atoms with Crippen molar-refractivity contribution in [2.75, 3.05) is 19.8 Å². The molecule has 2 nitrogen and oxygen atoms in total. The molecule has 0 radical (unpaired) electrons. The van der Waals surface area contributed by atoms with E-state index in [9.17, 15) is 0 Å². The van der Waals surface area contributed by atoms with Crippen LogP contribution in [0.2, 0.25) is 0 Å². The van der Waals surface area contributed by atoms with E-state index in [1.165, 1.54) is 11.1 Å². The Morgan fingerprint density at radius 1 is 1.05 bits per heavy atom. The van der Waals surface area contributed by atoms with E-state index in [1.807, 2.05) is 0 Å². The second-order valence-electron chi connectivity index (χ2n) is 5.90. The normalized spacial score (nSPS) is 11.5. The molecule has 0 aliphatic heterocycles. The van der Waals surface area contributed by atoms with E-state index in [-0.39, 0.29) is 0 Å². The van der Waals surface area contributed by atoms with Gasteiger partial charge in [-0.25, -0.2) is 0 Å². The van der Waals surface area contributed by atoms with Crippen LogP contribution in [0.15, 0.2) is 24.3 Å². The zero-order valence-electron chi connectivity index (χ0n) is 12.9. The maximum Gasteiger partial charge on any atom is 0.0489 e. The number of hydrogen-bond donors (Lipinski definition) is 1. The fourth-order valence-corrected chi connectivity index (χ4v) is 1.87. The zero-order chi connectivity index (χ0) is 14.1. The van der Waals surface area contributed by atoms with Gasteiger partial charge in [-0.2, -0.15) is 0 Å². The van der Waals surface area contributed by atoms with Crippen LogP contribution in [0.5, 0.6) is 0 Å². The van der Waals surface area contributed by atoms with E-state index >= 15 is 0 Å². The molecule has 0 spiro atoms. The Labute approximate surface area is 118 Å². The number of hydrogen-bond acceptors (Lipinski definition) is 2. The van der Waals surface area contributed by atoms with Crippen molar-refractivity contribution < 1.29 is 4.74 Å². The quantitative estimate of drug-likeness (QED) is 0.681. The Balaban J connectivity index is 2.09. The first-order valence-electron chi connectivity index (χ1n) is 7.47. The molecule has 0 fully saturated rings. The van der Waals surface area contributed by atoms with E-state index < -0.39 is 0 Å². The number of rotatable bonds is 9. The van der Waals surface area contributed by atoms with Crippen molar-refractivity contribution in [2.45, 2.75) is 46.6 Å². The molecule has 1 aromatic carbocycles. The van der Waals surface area contributed by atoms with Gasteiger partial charge in [0.25, 0.3) is 0 Å². The van der Waals surface area contributed by atoms with E-state index in [4.69, 9.17) is 4.74 Å². The molecule has 0 aromatic heterocycles. The van der Waals surface area contributed by atoms with Gasteiger partial charge in [0.05, 0.1) is 0 Å². The summed E-state index contributed by atoms with van der Waals surface area (Å²) in [4.78, 5) is 0. The fourth-order valence-electron chi connectivity index (χ4n) is 1.87. The Hall–Kier alpha value is -0.860. The van der Waals surface area contributed by atoms with Crippen molar-refractivity contribution in [3.05, 3.63) is 35.4 Å². The average molecular weight is 263 g/mol. The maximum atomic E-state index is 5.55. The third-order valence-electron chi connectivity index (χ3n) is 3.07. The Morgan fingerprint density at radius 2 is 1.74 bits per heavy atom. The number of nitrogens with one attached hydrogen (secondary N) is 1. The molecular weight excluding hydrogens is 234 g/mol. The van der Waals surface area contributed by atoms with Gasteiger partial charge >= 0.3 is 0 Å². The van der Waals surface area contributed by atoms with Gasteiger partial charge in [0.2, 0.25) is 0 Å². The van der Waals surface area contributed by atoms with Gasteiger partial charge < -0.3 is 10.1 Å². The van der Waals surface area contributed by atoms with E-state index in [2.05, 4.69) is 57.3 Å². The lowest BCUT2D eigenvalue weighted by atomic mass is 10.0. The minimum absolute atomic E-state index is 0.611. The SMILES string of the molecule is CC(C)COCCCNCc1ccc(C(C)C)cc1. The van der Waals surface area contributed by atoms with Gasteiger partial charge in [-0.15, -0.1) is 0 Å². The molecule has 0 heterocycles. The Bertz CT molecular complexity index is 330. The summed E-state index contributed by atoms with van der Waals surface area (Å²) in [6, 6.07) is 8.90. The minimum Gasteiger partial charge on any atom is -0.381 e. The third kappa shape index (κ3) is 7.34. The summed E-state index contributed by atoms with van der Waals surface area (Å²) in [5.41, 5.74) is 2.76. The van der Waals surface area contributed by atoms with E-state index in [0.717, 1.165) is 32.7 Å². The molecule has 0 aliphatic rings. The predicted octanol–water partition coefficient (Wildman–Crippen LogP) is 3.96. The first-order valence-corrected chi connectivity index (χ1v) is 7.47. The summed E-state index contributed by atoms with van der Waals surface area (Å²) >= 11 is 0. The van der Waals surface area contributed by atoms with Crippen molar-refractivity contribution in [1.82, 2.24) is 5.32 Å². The van der Waals surface area contributed by atoms with Crippen LogP contribution in [-0.4, -0.2) is 19.8 Å². The number of benzene rings is 1. The summed E-state index contributed by atoms with van der Waals surface area (Å²) in [6.07, 6.45) is 1.08. The van der Waals surface area contributed by atoms with Gasteiger partial charge in [0, 0.05) is 19.8 Å². The molecule has 0 aliphatic carbocycles. The minimum atomic E-state index is 0.611.